The van der Waals surface area contributed by atoms with Gasteiger partial charge in [0.1, 0.15) is 11.5 Å². The summed E-state index contributed by atoms with van der Waals surface area (Å²) >= 11 is 7.21. The minimum Gasteiger partial charge on any atom is -0.507 e. The summed E-state index contributed by atoms with van der Waals surface area (Å²) in [6.07, 6.45) is 4.81. The van der Waals surface area contributed by atoms with Crippen LogP contribution in [0.25, 0.3) is 6.08 Å². The van der Waals surface area contributed by atoms with E-state index in [0.717, 1.165) is 11.1 Å². The fraction of sp³-hybridized carbons (Fsp3) is 0.0870. The Bertz CT molecular complexity index is 1200. The van der Waals surface area contributed by atoms with Gasteiger partial charge in [0.15, 0.2) is 5.17 Å². The number of halogens is 1. The van der Waals surface area contributed by atoms with Gasteiger partial charge in [-0.25, -0.2) is 0 Å². The van der Waals surface area contributed by atoms with Crippen molar-refractivity contribution in [2.75, 3.05) is 0 Å². The highest BCUT2D eigenvalue weighted by molar-refractivity contribution is 8.18. The van der Waals surface area contributed by atoms with Gasteiger partial charge in [0.2, 0.25) is 0 Å². The molecule has 1 fully saturated rings. The lowest BCUT2D eigenvalue weighted by Crippen LogP contribution is -2.28. The zero-order chi connectivity index (χ0) is 21.8. The molecular formula is C23H18ClN3O3S. The number of phenols is 1. The lowest BCUT2D eigenvalue weighted by atomic mass is 10.1. The third-order valence-corrected chi connectivity index (χ3v) is 5.82. The standard InChI is InChI=1S/C23H18ClN3O3S/c1-15-5-2-3-6-16(15)12-21-22(29)27(14-19-7-4-10-30-19)23(31-21)26-25-13-17-11-18(24)8-9-20(17)28/h2-13,28H,14H2,1H3/b21-12-,25-13-,26-23+. The summed E-state index contributed by atoms with van der Waals surface area (Å²) in [5.41, 5.74) is 2.46. The molecule has 1 aliphatic rings. The maximum Gasteiger partial charge on any atom is 0.267 e. The largest absolute Gasteiger partial charge is 0.507 e. The molecule has 31 heavy (non-hydrogen) atoms. The van der Waals surface area contributed by atoms with Crippen molar-refractivity contribution in [2.24, 2.45) is 10.2 Å². The highest BCUT2D eigenvalue weighted by Crippen LogP contribution is 2.34. The van der Waals surface area contributed by atoms with Gasteiger partial charge < -0.3 is 9.52 Å². The molecule has 1 aliphatic heterocycles. The van der Waals surface area contributed by atoms with Gasteiger partial charge in [-0.2, -0.15) is 5.10 Å². The maximum atomic E-state index is 13.1. The number of thioether (sulfide) groups is 1. The summed E-state index contributed by atoms with van der Waals surface area (Å²) in [5.74, 6) is 0.496. The van der Waals surface area contributed by atoms with E-state index in [0.29, 0.717) is 26.4 Å². The van der Waals surface area contributed by atoms with Crippen molar-refractivity contribution in [3.05, 3.63) is 93.2 Å². The summed E-state index contributed by atoms with van der Waals surface area (Å²) in [5, 5.41) is 19.1. The number of nitrogens with zero attached hydrogens (tertiary/aromatic N) is 3. The van der Waals surface area contributed by atoms with Gasteiger partial charge in [0, 0.05) is 10.6 Å². The van der Waals surface area contributed by atoms with E-state index >= 15 is 0 Å². The van der Waals surface area contributed by atoms with E-state index in [4.69, 9.17) is 16.0 Å². The zero-order valence-electron chi connectivity index (χ0n) is 16.5. The van der Waals surface area contributed by atoms with Crippen molar-refractivity contribution >= 4 is 46.7 Å². The van der Waals surface area contributed by atoms with Gasteiger partial charge in [-0.1, -0.05) is 35.9 Å². The summed E-state index contributed by atoms with van der Waals surface area (Å²) in [7, 11) is 0. The van der Waals surface area contributed by atoms with Gasteiger partial charge in [0.05, 0.1) is 23.9 Å². The van der Waals surface area contributed by atoms with E-state index in [1.165, 1.54) is 28.9 Å². The molecule has 0 spiro atoms. The summed E-state index contributed by atoms with van der Waals surface area (Å²) < 4.78 is 5.40. The molecule has 1 aromatic heterocycles. The van der Waals surface area contributed by atoms with Gasteiger partial charge in [-0.15, -0.1) is 5.10 Å². The highest BCUT2D eigenvalue weighted by atomic mass is 35.5. The van der Waals surface area contributed by atoms with Crippen LogP contribution in [0, 0.1) is 6.92 Å². The number of amidine groups is 1. The first kappa shape index (κ1) is 21.0. The molecule has 0 radical (unpaired) electrons. The normalized spacial score (nSPS) is 16.8. The number of carbonyl (C=O) groups excluding carboxylic acids is 1. The van der Waals surface area contributed by atoms with Crippen molar-refractivity contribution in [1.82, 2.24) is 4.90 Å². The number of aromatic hydroxyl groups is 1. The Morgan fingerprint density at radius 2 is 2.00 bits per heavy atom. The Labute approximate surface area is 188 Å². The number of hydrogen-bond donors (Lipinski definition) is 1. The number of carbonyl (C=O) groups is 1. The molecule has 2 aromatic carbocycles. The molecule has 8 heteroatoms. The van der Waals surface area contributed by atoms with E-state index < -0.39 is 0 Å². The van der Waals surface area contributed by atoms with Gasteiger partial charge in [-0.3, -0.25) is 9.69 Å². The van der Waals surface area contributed by atoms with Crippen LogP contribution in [-0.4, -0.2) is 27.3 Å². The second kappa shape index (κ2) is 9.24. The number of benzene rings is 2. The Morgan fingerprint density at radius 3 is 2.77 bits per heavy atom. The Hall–Kier alpha value is -3.29. The average Bonchev–Trinajstić information content (AvgIpc) is 3.36. The molecule has 4 rings (SSSR count). The lowest BCUT2D eigenvalue weighted by Gasteiger charge is -2.12. The number of furan rings is 1. The first-order valence-corrected chi connectivity index (χ1v) is 10.6. The minimum absolute atomic E-state index is 0.0380. The van der Waals surface area contributed by atoms with E-state index in [2.05, 4.69) is 10.2 Å². The smallest absolute Gasteiger partial charge is 0.267 e. The second-order valence-corrected chi connectivity index (χ2v) is 8.21. The molecule has 0 aliphatic carbocycles. The second-order valence-electron chi connectivity index (χ2n) is 6.77. The third-order valence-electron chi connectivity index (χ3n) is 4.59. The highest BCUT2D eigenvalue weighted by Gasteiger charge is 2.34. The van der Waals surface area contributed by atoms with Gasteiger partial charge >= 0.3 is 0 Å². The van der Waals surface area contributed by atoms with Crippen LogP contribution < -0.4 is 0 Å². The number of amides is 1. The zero-order valence-corrected chi connectivity index (χ0v) is 18.1. The van der Waals surface area contributed by atoms with E-state index in [-0.39, 0.29) is 18.2 Å². The Morgan fingerprint density at radius 1 is 1.16 bits per heavy atom. The summed E-state index contributed by atoms with van der Waals surface area (Å²) in [4.78, 5) is 15.2. The molecule has 2 heterocycles. The first-order valence-electron chi connectivity index (χ1n) is 9.40. The molecule has 1 N–H and O–H groups in total. The van der Waals surface area contributed by atoms with Crippen molar-refractivity contribution in [2.45, 2.75) is 13.5 Å². The van der Waals surface area contributed by atoms with Crippen LogP contribution in [-0.2, 0) is 11.3 Å². The molecule has 0 atom stereocenters. The molecule has 3 aromatic rings. The quantitative estimate of drug-likeness (QED) is 0.317. The lowest BCUT2D eigenvalue weighted by molar-refractivity contribution is -0.122. The summed E-state index contributed by atoms with van der Waals surface area (Å²) in [6.45, 7) is 2.23. The number of rotatable bonds is 5. The first-order chi connectivity index (χ1) is 15.0. The fourth-order valence-corrected chi connectivity index (χ4v) is 4.05. The SMILES string of the molecule is Cc1ccccc1/C=C1\S/C(=N/N=C\c2cc(Cl)ccc2O)N(Cc2ccco2)C1=O. The fourth-order valence-electron chi connectivity index (χ4n) is 2.94. The maximum absolute atomic E-state index is 13.1. The number of phenolic OH excluding ortho intramolecular Hbond substituents is 1. The molecule has 6 nitrogen and oxygen atoms in total. The molecule has 156 valence electrons. The number of aryl methyl sites for hydroxylation is 1. The van der Waals surface area contributed by atoms with Crippen molar-refractivity contribution < 1.29 is 14.3 Å². The predicted molar refractivity (Wildman–Crippen MR) is 124 cm³/mol. The third kappa shape index (κ3) is 4.90. The molecule has 0 unspecified atom stereocenters. The van der Waals surface area contributed by atoms with Crippen LogP contribution >= 0.6 is 23.4 Å². The van der Waals surface area contributed by atoms with Crippen molar-refractivity contribution in [1.29, 1.82) is 0 Å². The molecule has 0 bridgehead atoms. The van der Waals surface area contributed by atoms with Crippen LogP contribution in [0.5, 0.6) is 5.75 Å². The van der Waals surface area contributed by atoms with Gasteiger partial charge in [-0.05, 0) is 66.2 Å². The Kier molecular flexibility index (Phi) is 6.25. The topological polar surface area (TPSA) is 78.4 Å². The molecule has 1 saturated heterocycles. The molecular weight excluding hydrogens is 434 g/mol. The van der Waals surface area contributed by atoms with E-state index in [1.54, 1.807) is 30.5 Å². The van der Waals surface area contributed by atoms with Crippen LogP contribution in [0.3, 0.4) is 0 Å². The monoisotopic (exact) mass is 451 g/mol. The Balaban J connectivity index is 1.65. The average molecular weight is 452 g/mol. The van der Waals surface area contributed by atoms with E-state index in [9.17, 15) is 9.90 Å². The van der Waals surface area contributed by atoms with Gasteiger partial charge in [0.25, 0.3) is 5.91 Å². The predicted octanol–water partition coefficient (Wildman–Crippen LogP) is 5.45. The summed E-state index contributed by atoms with van der Waals surface area (Å²) in [6, 6.07) is 16.1. The van der Waals surface area contributed by atoms with Crippen molar-refractivity contribution in [3.8, 4) is 5.75 Å². The van der Waals surface area contributed by atoms with E-state index in [1.807, 2.05) is 37.3 Å². The van der Waals surface area contributed by atoms with Crippen LogP contribution in [0.4, 0.5) is 0 Å². The minimum atomic E-state index is -0.177. The number of hydrogen-bond acceptors (Lipinski definition) is 6. The van der Waals surface area contributed by atoms with Crippen LogP contribution in [0.2, 0.25) is 5.02 Å². The van der Waals surface area contributed by atoms with Crippen LogP contribution in [0.1, 0.15) is 22.5 Å². The molecule has 1 amide bonds. The molecule has 0 saturated carbocycles. The van der Waals surface area contributed by atoms with Crippen molar-refractivity contribution in [3.63, 3.8) is 0 Å². The van der Waals surface area contributed by atoms with Crippen LogP contribution in [0.15, 0.2) is 80.4 Å².